The fourth-order valence-electron chi connectivity index (χ4n) is 2.61. The number of rotatable bonds is 5. The molecule has 3 aromatic rings. The summed E-state index contributed by atoms with van der Waals surface area (Å²) in [5.74, 6) is 0.0982. The number of nitrogens with zero attached hydrogens (tertiary/aromatic N) is 2. The van der Waals surface area contributed by atoms with Gasteiger partial charge in [0.05, 0.1) is 31.7 Å². The minimum atomic E-state index is -0.513. The molecule has 0 bridgehead atoms. The number of para-hydroxylation sites is 1. The Kier molecular flexibility index (Phi) is 5.21. The first-order valence-corrected chi connectivity index (χ1v) is 8.23. The second-order valence-corrected chi connectivity index (χ2v) is 5.80. The number of hydrogen-bond acceptors (Lipinski definition) is 5. The molecule has 0 aliphatic rings. The summed E-state index contributed by atoms with van der Waals surface area (Å²) in [5.41, 5.74) is 1.60. The van der Waals surface area contributed by atoms with E-state index in [4.69, 9.17) is 9.47 Å². The lowest BCUT2D eigenvalue weighted by Gasteiger charge is -2.13. The van der Waals surface area contributed by atoms with E-state index in [1.54, 1.807) is 36.4 Å². The zero-order chi connectivity index (χ0) is 19.4. The number of nitrogens with one attached hydrogen (secondary N) is 1. The predicted molar refractivity (Wildman–Crippen MR) is 102 cm³/mol. The molecule has 1 heterocycles. The molecule has 1 amide bonds. The van der Waals surface area contributed by atoms with Crippen molar-refractivity contribution >= 4 is 11.6 Å². The standard InChI is InChI=1S/C20H19N3O4/c1-13-9-10-16(26-2)15(11-13)21-20(25)19-17(27-3)12-18(24)23(22-19)14-7-5-4-6-8-14/h4-12H,1-3H3,(H,21,25). The highest BCUT2D eigenvalue weighted by molar-refractivity contribution is 6.05. The van der Waals surface area contributed by atoms with Crippen molar-refractivity contribution < 1.29 is 14.3 Å². The SMILES string of the molecule is COc1ccc(C)cc1NC(=O)c1nn(-c2ccccc2)c(=O)cc1OC. The second-order valence-electron chi connectivity index (χ2n) is 5.80. The van der Waals surface area contributed by atoms with Gasteiger partial charge in [-0.25, -0.2) is 0 Å². The van der Waals surface area contributed by atoms with Crippen LogP contribution >= 0.6 is 0 Å². The molecule has 0 fully saturated rings. The minimum absolute atomic E-state index is 0.00971. The Bertz CT molecular complexity index is 1030. The van der Waals surface area contributed by atoms with Gasteiger partial charge in [0.25, 0.3) is 11.5 Å². The molecule has 0 saturated heterocycles. The monoisotopic (exact) mass is 365 g/mol. The number of amides is 1. The van der Waals surface area contributed by atoms with E-state index in [2.05, 4.69) is 10.4 Å². The number of aromatic nitrogens is 2. The van der Waals surface area contributed by atoms with Crippen LogP contribution < -0.4 is 20.3 Å². The van der Waals surface area contributed by atoms with E-state index in [0.717, 1.165) is 10.2 Å². The Morgan fingerprint density at radius 1 is 1.00 bits per heavy atom. The van der Waals surface area contributed by atoms with E-state index in [0.29, 0.717) is 17.1 Å². The van der Waals surface area contributed by atoms with Crippen molar-refractivity contribution in [3.8, 4) is 17.2 Å². The smallest absolute Gasteiger partial charge is 0.280 e. The Balaban J connectivity index is 2.04. The van der Waals surface area contributed by atoms with Gasteiger partial charge in [-0.15, -0.1) is 0 Å². The summed E-state index contributed by atoms with van der Waals surface area (Å²) in [4.78, 5) is 25.2. The zero-order valence-corrected chi connectivity index (χ0v) is 15.2. The normalized spacial score (nSPS) is 10.3. The molecular weight excluding hydrogens is 346 g/mol. The van der Waals surface area contributed by atoms with Crippen molar-refractivity contribution in [3.63, 3.8) is 0 Å². The van der Waals surface area contributed by atoms with E-state index in [1.807, 2.05) is 19.1 Å². The maximum absolute atomic E-state index is 12.8. The lowest BCUT2D eigenvalue weighted by Crippen LogP contribution is -2.26. The van der Waals surface area contributed by atoms with Gasteiger partial charge in [-0.2, -0.15) is 9.78 Å². The third-order valence-corrected chi connectivity index (χ3v) is 3.94. The third-order valence-electron chi connectivity index (χ3n) is 3.94. The summed E-state index contributed by atoms with van der Waals surface area (Å²) < 4.78 is 11.6. The fourth-order valence-corrected chi connectivity index (χ4v) is 2.61. The highest BCUT2D eigenvalue weighted by atomic mass is 16.5. The maximum Gasteiger partial charge on any atom is 0.280 e. The van der Waals surface area contributed by atoms with Crippen LogP contribution in [-0.2, 0) is 0 Å². The molecule has 0 spiro atoms. The van der Waals surface area contributed by atoms with Crippen LogP contribution in [0.3, 0.4) is 0 Å². The van der Waals surface area contributed by atoms with Gasteiger partial charge >= 0.3 is 0 Å². The van der Waals surface area contributed by atoms with Crippen molar-refractivity contribution in [2.24, 2.45) is 0 Å². The van der Waals surface area contributed by atoms with Crippen LogP contribution in [0.2, 0.25) is 0 Å². The molecule has 0 radical (unpaired) electrons. The van der Waals surface area contributed by atoms with Gasteiger partial charge in [-0.05, 0) is 36.8 Å². The van der Waals surface area contributed by atoms with Gasteiger partial charge in [0.1, 0.15) is 5.75 Å². The first-order chi connectivity index (χ1) is 13.0. The highest BCUT2D eigenvalue weighted by Gasteiger charge is 2.19. The van der Waals surface area contributed by atoms with Gasteiger partial charge in [-0.1, -0.05) is 24.3 Å². The number of carbonyl (C=O) groups excluding carboxylic acids is 1. The highest BCUT2D eigenvalue weighted by Crippen LogP contribution is 2.26. The molecule has 0 unspecified atom stereocenters. The Labute approximate surface area is 156 Å². The van der Waals surface area contributed by atoms with Gasteiger partial charge < -0.3 is 14.8 Å². The fraction of sp³-hybridized carbons (Fsp3) is 0.150. The summed E-state index contributed by atoms with van der Waals surface area (Å²) in [7, 11) is 2.90. The summed E-state index contributed by atoms with van der Waals surface area (Å²) in [6.07, 6.45) is 0. The van der Waals surface area contributed by atoms with Crippen molar-refractivity contribution in [1.82, 2.24) is 9.78 Å². The maximum atomic E-state index is 12.8. The average molecular weight is 365 g/mol. The quantitative estimate of drug-likeness (QED) is 0.752. The van der Waals surface area contributed by atoms with Crippen LogP contribution in [0.5, 0.6) is 11.5 Å². The van der Waals surface area contributed by atoms with Crippen LogP contribution in [-0.4, -0.2) is 29.9 Å². The average Bonchev–Trinajstić information content (AvgIpc) is 2.68. The molecule has 1 aromatic heterocycles. The molecular formula is C20H19N3O4. The Morgan fingerprint density at radius 3 is 2.37 bits per heavy atom. The predicted octanol–water partition coefficient (Wildman–Crippen LogP) is 2.81. The largest absolute Gasteiger partial charge is 0.495 e. The number of benzene rings is 2. The van der Waals surface area contributed by atoms with E-state index in [1.165, 1.54) is 20.3 Å². The molecule has 2 aromatic carbocycles. The minimum Gasteiger partial charge on any atom is -0.495 e. The van der Waals surface area contributed by atoms with Gasteiger partial charge in [0.2, 0.25) is 0 Å². The molecule has 7 heteroatoms. The number of anilines is 1. The van der Waals surface area contributed by atoms with Crippen LogP contribution in [0.15, 0.2) is 59.4 Å². The van der Waals surface area contributed by atoms with Gasteiger partial charge in [0, 0.05) is 0 Å². The van der Waals surface area contributed by atoms with Crippen molar-refractivity contribution in [1.29, 1.82) is 0 Å². The van der Waals surface area contributed by atoms with Crippen LogP contribution in [0, 0.1) is 6.92 Å². The first kappa shape index (κ1) is 18.2. The Hall–Kier alpha value is -3.61. The number of carbonyl (C=O) groups is 1. The van der Waals surface area contributed by atoms with E-state index < -0.39 is 11.5 Å². The summed E-state index contributed by atoms with van der Waals surface area (Å²) in [6.45, 7) is 1.91. The van der Waals surface area contributed by atoms with E-state index in [9.17, 15) is 9.59 Å². The number of ether oxygens (including phenoxy) is 2. The first-order valence-electron chi connectivity index (χ1n) is 8.23. The second kappa shape index (κ2) is 7.74. The van der Waals surface area contributed by atoms with E-state index >= 15 is 0 Å². The van der Waals surface area contributed by atoms with Crippen LogP contribution in [0.25, 0.3) is 5.69 Å². The lowest BCUT2D eigenvalue weighted by molar-refractivity contribution is 0.101. The molecule has 0 saturated carbocycles. The Morgan fingerprint density at radius 2 is 1.70 bits per heavy atom. The molecule has 3 rings (SSSR count). The zero-order valence-electron chi connectivity index (χ0n) is 15.2. The topological polar surface area (TPSA) is 82.5 Å². The molecule has 1 N–H and O–H groups in total. The van der Waals surface area contributed by atoms with Gasteiger partial charge in [0.15, 0.2) is 11.4 Å². The number of hydrogen-bond donors (Lipinski definition) is 1. The van der Waals surface area contributed by atoms with Gasteiger partial charge in [-0.3, -0.25) is 9.59 Å². The van der Waals surface area contributed by atoms with Crippen LogP contribution in [0.4, 0.5) is 5.69 Å². The van der Waals surface area contributed by atoms with Crippen molar-refractivity contribution in [2.45, 2.75) is 6.92 Å². The third kappa shape index (κ3) is 3.82. The lowest BCUT2D eigenvalue weighted by atomic mass is 10.2. The molecule has 7 nitrogen and oxygen atoms in total. The van der Waals surface area contributed by atoms with Crippen molar-refractivity contribution in [2.75, 3.05) is 19.5 Å². The summed E-state index contributed by atoms with van der Waals surface area (Å²) in [5, 5.41) is 6.98. The summed E-state index contributed by atoms with van der Waals surface area (Å²) >= 11 is 0. The number of methoxy groups -OCH3 is 2. The molecule has 0 aliphatic heterocycles. The van der Waals surface area contributed by atoms with E-state index in [-0.39, 0.29) is 11.4 Å². The molecule has 0 atom stereocenters. The molecule has 138 valence electrons. The van der Waals surface area contributed by atoms with Crippen molar-refractivity contribution in [3.05, 3.63) is 76.2 Å². The van der Waals surface area contributed by atoms with Crippen LogP contribution in [0.1, 0.15) is 16.1 Å². The number of aryl methyl sites for hydroxylation is 1. The summed E-state index contributed by atoms with van der Waals surface area (Å²) in [6, 6.07) is 15.5. The molecule has 27 heavy (non-hydrogen) atoms. The molecule has 0 aliphatic carbocycles.